The molecule has 1 aromatic rings. The Morgan fingerprint density at radius 1 is 1.38 bits per heavy atom. The van der Waals surface area contributed by atoms with Crippen molar-refractivity contribution in [2.24, 2.45) is 10.6 Å². The summed E-state index contributed by atoms with van der Waals surface area (Å²) in [5.74, 6) is 0.723. The van der Waals surface area contributed by atoms with E-state index in [9.17, 15) is 4.79 Å². The Bertz CT molecular complexity index is 655. The topological polar surface area (TPSA) is 89.4 Å². The largest absolute Gasteiger partial charge is 0.496 e. The Labute approximate surface area is 153 Å². The zero-order valence-corrected chi connectivity index (χ0v) is 15.1. The first-order valence-corrected chi connectivity index (χ1v) is 9.01. The van der Waals surface area contributed by atoms with Crippen LogP contribution in [0.25, 0.3) is 0 Å². The number of hydrogen-bond acceptors (Lipinski definition) is 6. The summed E-state index contributed by atoms with van der Waals surface area (Å²) in [5.41, 5.74) is 1.22. The van der Waals surface area contributed by atoms with Gasteiger partial charge in [0.25, 0.3) is 0 Å². The lowest BCUT2D eigenvalue weighted by Gasteiger charge is -2.36. The molecule has 0 radical (unpaired) electrons. The number of benzene rings is 1. The first-order valence-electron chi connectivity index (χ1n) is 9.01. The van der Waals surface area contributed by atoms with Crippen LogP contribution >= 0.6 is 0 Å². The van der Waals surface area contributed by atoms with Gasteiger partial charge in [0, 0.05) is 38.2 Å². The van der Waals surface area contributed by atoms with Gasteiger partial charge < -0.3 is 24.7 Å². The molecule has 0 spiro atoms. The highest BCUT2D eigenvalue weighted by Gasteiger charge is 2.43. The maximum atomic E-state index is 12.7. The molecule has 2 aliphatic heterocycles. The molecule has 0 aromatic heterocycles. The molecule has 7 nitrogen and oxygen atoms in total. The number of oxime groups is 1. The van der Waals surface area contributed by atoms with Crippen LogP contribution in [0.3, 0.4) is 0 Å². The molecule has 2 heterocycles. The number of amides is 1. The van der Waals surface area contributed by atoms with Gasteiger partial charge in [-0.2, -0.15) is 0 Å². The molecule has 1 aromatic carbocycles. The second kappa shape index (κ2) is 8.51. The van der Waals surface area contributed by atoms with E-state index in [-0.39, 0.29) is 25.2 Å². The third-order valence-electron chi connectivity index (χ3n) is 5.10. The van der Waals surface area contributed by atoms with Crippen molar-refractivity contribution in [3.63, 3.8) is 0 Å². The van der Waals surface area contributed by atoms with Crippen LogP contribution in [0.2, 0.25) is 0 Å². The van der Waals surface area contributed by atoms with Gasteiger partial charge in [0.1, 0.15) is 11.9 Å². The summed E-state index contributed by atoms with van der Waals surface area (Å²) in [6, 6.07) is 7.71. The number of nitrogens with one attached hydrogen (secondary N) is 1. The highest BCUT2D eigenvalue weighted by Crippen LogP contribution is 2.39. The minimum absolute atomic E-state index is 0.0378. The first-order chi connectivity index (χ1) is 12.7. The standard InChI is InChI=1S/C19H26N2O5/c1-24-17-5-3-2-4-15(17)16-12-14(26-21-16)13-19(6-10-25-11-7-19)18(23)20-8-9-22/h2-5,14,22H,6-13H2,1H3,(H,20,23)/t14-/m1/s1. The van der Waals surface area contributed by atoms with E-state index in [0.29, 0.717) is 38.9 Å². The van der Waals surface area contributed by atoms with Crippen molar-refractivity contribution >= 4 is 11.6 Å². The lowest BCUT2D eigenvalue weighted by atomic mass is 9.74. The van der Waals surface area contributed by atoms with Gasteiger partial charge in [-0.15, -0.1) is 0 Å². The zero-order valence-electron chi connectivity index (χ0n) is 15.1. The number of carbonyl (C=O) groups is 1. The Kier molecular flexibility index (Phi) is 6.11. The van der Waals surface area contributed by atoms with Gasteiger partial charge in [-0.3, -0.25) is 4.79 Å². The molecule has 0 aliphatic carbocycles. The molecule has 0 saturated carbocycles. The van der Waals surface area contributed by atoms with E-state index in [1.54, 1.807) is 7.11 Å². The highest BCUT2D eigenvalue weighted by molar-refractivity contribution is 6.03. The maximum Gasteiger partial charge on any atom is 0.226 e. The fraction of sp³-hybridized carbons (Fsp3) is 0.579. The highest BCUT2D eigenvalue weighted by atomic mass is 16.6. The molecule has 1 saturated heterocycles. The summed E-state index contributed by atoms with van der Waals surface area (Å²) >= 11 is 0. The Morgan fingerprint density at radius 3 is 2.88 bits per heavy atom. The van der Waals surface area contributed by atoms with Crippen LogP contribution in [0.4, 0.5) is 0 Å². The van der Waals surface area contributed by atoms with Crippen molar-refractivity contribution in [1.82, 2.24) is 5.32 Å². The second-order valence-electron chi connectivity index (χ2n) is 6.75. The molecule has 1 atom stereocenters. The average Bonchev–Trinajstić information content (AvgIpc) is 3.14. The Balaban J connectivity index is 1.69. The van der Waals surface area contributed by atoms with Crippen LogP contribution in [0.5, 0.6) is 5.75 Å². The Morgan fingerprint density at radius 2 is 2.15 bits per heavy atom. The summed E-state index contributed by atoms with van der Waals surface area (Å²) < 4.78 is 10.9. The molecule has 2 aliphatic rings. The number of ether oxygens (including phenoxy) is 2. The monoisotopic (exact) mass is 362 g/mol. The van der Waals surface area contributed by atoms with Gasteiger partial charge in [-0.25, -0.2) is 0 Å². The van der Waals surface area contributed by atoms with E-state index in [4.69, 9.17) is 19.4 Å². The summed E-state index contributed by atoms with van der Waals surface area (Å²) in [6.45, 7) is 1.30. The van der Waals surface area contributed by atoms with Crippen LogP contribution in [0, 0.1) is 5.41 Å². The predicted molar refractivity (Wildman–Crippen MR) is 96.2 cm³/mol. The van der Waals surface area contributed by atoms with Crippen LogP contribution in [0.1, 0.15) is 31.2 Å². The van der Waals surface area contributed by atoms with Gasteiger partial charge in [-0.1, -0.05) is 17.3 Å². The van der Waals surface area contributed by atoms with Crippen molar-refractivity contribution in [3.05, 3.63) is 29.8 Å². The molecule has 142 valence electrons. The average molecular weight is 362 g/mol. The van der Waals surface area contributed by atoms with Gasteiger partial charge in [-0.05, 0) is 25.0 Å². The molecular weight excluding hydrogens is 336 g/mol. The molecule has 26 heavy (non-hydrogen) atoms. The van der Waals surface area contributed by atoms with Crippen LogP contribution in [-0.2, 0) is 14.4 Å². The second-order valence-corrected chi connectivity index (χ2v) is 6.75. The number of aliphatic hydroxyl groups excluding tert-OH is 1. The predicted octanol–water partition coefficient (Wildman–Crippen LogP) is 1.48. The minimum Gasteiger partial charge on any atom is -0.496 e. The third kappa shape index (κ3) is 3.99. The number of nitrogens with zero attached hydrogens (tertiary/aromatic N) is 1. The number of aliphatic hydroxyl groups is 1. The fourth-order valence-electron chi connectivity index (χ4n) is 3.66. The number of carbonyl (C=O) groups excluding carboxylic acids is 1. The quantitative estimate of drug-likeness (QED) is 0.767. The molecule has 3 rings (SSSR count). The van der Waals surface area contributed by atoms with Crippen LogP contribution < -0.4 is 10.1 Å². The van der Waals surface area contributed by atoms with E-state index in [1.807, 2.05) is 24.3 Å². The number of methoxy groups -OCH3 is 1. The lowest BCUT2D eigenvalue weighted by Crippen LogP contribution is -2.47. The van der Waals surface area contributed by atoms with Gasteiger partial charge in [0.15, 0.2) is 0 Å². The number of rotatable bonds is 7. The zero-order chi connectivity index (χ0) is 18.4. The van der Waals surface area contributed by atoms with E-state index in [2.05, 4.69) is 10.5 Å². The number of para-hydroxylation sites is 1. The molecule has 0 bridgehead atoms. The van der Waals surface area contributed by atoms with E-state index < -0.39 is 5.41 Å². The van der Waals surface area contributed by atoms with Crippen LogP contribution in [0.15, 0.2) is 29.4 Å². The first kappa shape index (κ1) is 18.7. The van der Waals surface area contributed by atoms with E-state index >= 15 is 0 Å². The SMILES string of the molecule is COc1ccccc1C1=NO[C@@H](CC2(C(=O)NCCO)CCOCC2)C1. The molecule has 7 heteroatoms. The lowest BCUT2D eigenvalue weighted by molar-refractivity contribution is -0.140. The summed E-state index contributed by atoms with van der Waals surface area (Å²) in [4.78, 5) is 18.4. The van der Waals surface area contributed by atoms with Crippen molar-refractivity contribution in [1.29, 1.82) is 0 Å². The third-order valence-corrected chi connectivity index (χ3v) is 5.10. The summed E-state index contributed by atoms with van der Waals surface area (Å²) in [6.07, 6.45) is 2.35. The number of hydrogen-bond donors (Lipinski definition) is 2. The van der Waals surface area contributed by atoms with Gasteiger partial charge >= 0.3 is 0 Å². The molecular formula is C19H26N2O5. The van der Waals surface area contributed by atoms with Crippen molar-refractivity contribution in [2.45, 2.75) is 31.8 Å². The fourth-order valence-corrected chi connectivity index (χ4v) is 3.66. The van der Waals surface area contributed by atoms with Crippen LogP contribution in [-0.4, -0.2) is 56.3 Å². The normalized spacial score (nSPS) is 21.6. The van der Waals surface area contributed by atoms with Crippen molar-refractivity contribution in [3.8, 4) is 5.75 Å². The van der Waals surface area contributed by atoms with Crippen molar-refractivity contribution in [2.75, 3.05) is 33.5 Å². The van der Waals surface area contributed by atoms with E-state index in [1.165, 1.54) is 0 Å². The van der Waals surface area contributed by atoms with Gasteiger partial charge in [0.05, 0.1) is 24.8 Å². The molecule has 0 unspecified atom stereocenters. The Hall–Kier alpha value is -2.12. The molecule has 1 fully saturated rings. The summed E-state index contributed by atoms with van der Waals surface area (Å²) in [7, 11) is 1.63. The van der Waals surface area contributed by atoms with Crippen molar-refractivity contribution < 1.29 is 24.2 Å². The maximum absolute atomic E-state index is 12.7. The molecule has 1 amide bonds. The minimum atomic E-state index is -0.538. The smallest absolute Gasteiger partial charge is 0.226 e. The molecule has 2 N–H and O–H groups in total. The van der Waals surface area contributed by atoms with Gasteiger partial charge in [0.2, 0.25) is 5.91 Å². The summed E-state index contributed by atoms with van der Waals surface area (Å²) in [5, 5.41) is 16.1. The van der Waals surface area contributed by atoms with E-state index in [0.717, 1.165) is 17.0 Å².